The van der Waals surface area contributed by atoms with Gasteiger partial charge in [0.1, 0.15) is 0 Å². The fraction of sp³-hybridized carbons (Fsp3) is 0.385. The fourth-order valence-corrected chi connectivity index (χ4v) is 1.88. The van der Waals surface area contributed by atoms with Gasteiger partial charge in [0.2, 0.25) is 0 Å². The molecule has 1 fully saturated rings. The Labute approximate surface area is 90.7 Å². The van der Waals surface area contributed by atoms with Gasteiger partial charge in [-0.15, -0.1) is 0 Å². The first kappa shape index (κ1) is 10.4. The molecule has 1 saturated heterocycles. The number of ether oxygens (including phenoxy) is 1. The molecule has 1 aliphatic heterocycles. The summed E-state index contributed by atoms with van der Waals surface area (Å²) in [6.45, 7) is 2.37. The van der Waals surface area contributed by atoms with Gasteiger partial charge >= 0.3 is 0 Å². The molecule has 0 bridgehead atoms. The van der Waals surface area contributed by atoms with Crippen LogP contribution in [0, 0.1) is 0 Å². The molecule has 1 aromatic rings. The Kier molecular flexibility index (Phi) is 3.54. The molecule has 1 unspecified atom stereocenters. The van der Waals surface area contributed by atoms with Crippen molar-refractivity contribution in [3.8, 4) is 0 Å². The summed E-state index contributed by atoms with van der Waals surface area (Å²) in [5, 5.41) is 0. The van der Waals surface area contributed by atoms with E-state index in [2.05, 4.69) is 30.3 Å². The summed E-state index contributed by atoms with van der Waals surface area (Å²) >= 11 is 0. The highest BCUT2D eigenvalue weighted by molar-refractivity contribution is 5.50. The van der Waals surface area contributed by atoms with Crippen LogP contribution >= 0.6 is 0 Å². The van der Waals surface area contributed by atoms with Gasteiger partial charge in [-0.3, -0.25) is 0 Å². The third kappa shape index (κ3) is 2.67. The van der Waals surface area contributed by atoms with Crippen LogP contribution in [0.1, 0.15) is 23.5 Å². The van der Waals surface area contributed by atoms with Crippen molar-refractivity contribution in [2.45, 2.75) is 12.3 Å². The lowest BCUT2D eigenvalue weighted by Crippen LogP contribution is -1.97. The highest BCUT2D eigenvalue weighted by Gasteiger charge is 2.16. The number of rotatable bonds is 3. The zero-order valence-corrected chi connectivity index (χ0v) is 8.86. The monoisotopic (exact) mass is 203 g/mol. The van der Waals surface area contributed by atoms with Crippen LogP contribution in [-0.2, 0) is 4.74 Å². The number of benzene rings is 1. The van der Waals surface area contributed by atoms with Gasteiger partial charge in [0.15, 0.2) is 0 Å². The zero-order valence-electron chi connectivity index (χ0n) is 8.86. The maximum atomic E-state index is 5.40. The molecule has 0 spiro atoms. The first-order chi connectivity index (χ1) is 7.40. The van der Waals surface area contributed by atoms with E-state index in [0.29, 0.717) is 12.5 Å². The Balaban J connectivity index is 2.06. The minimum Gasteiger partial charge on any atom is -0.381 e. The number of hydrogen-bond donors (Lipinski definition) is 1. The molecule has 15 heavy (non-hydrogen) atoms. The van der Waals surface area contributed by atoms with E-state index in [1.165, 1.54) is 11.1 Å². The smallest absolute Gasteiger partial charge is 0.0535 e. The maximum Gasteiger partial charge on any atom is 0.0535 e. The summed E-state index contributed by atoms with van der Waals surface area (Å²) in [6.07, 6.45) is 5.17. The van der Waals surface area contributed by atoms with Crippen molar-refractivity contribution in [2.24, 2.45) is 5.73 Å². The van der Waals surface area contributed by atoms with Crippen molar-refractivity contribution in [1.82, 2.24) is 0 Å². The number of nitrogens with two attached hydrogens (primary N) is 1. The normalized spacial score (nSPS) is 21.3. The van der Waals surface area contributed by atoms with Crippen LogP contribution in [0.4, 0.5) is 0 Å². The van der Waals surface area contributed by atoms with Crippen molar-refractivity contribution in [3.63, 3.8) is 0 Å². The molecule has 2 nitrogen and oxygen atoms in total. The topological polar surface area (TPSA) is 35.2 Å². The molecule has 2 rings (SSSR count). The Morgan fingerprint density at radius 3 is 2.73 bits per heavy atom. The summed E-state index contributed by atoms with van der Waals surface area (Å²) in [7, 11) is 0. The molecule has 0 aromatic heterocycles. The van der Waals surface area contributed by atoms with Gasteiger partial charge in [-0.2, -0.15) is 0 Å². The van der Waals surface area contributed by atoms with Crippen molar-refractivity contribution in [1.29, 1.82) is 0 Å². The molecule has 0 saturated carbocycles. The highest BCUT2D eigenvalue weighted by Crippen LogP contribution is 2.25. The van der Waals surface area contributed by atoms with Crippen molar-refractivity contribution < 1.29 is 4.74 Å². The second-order valence-corrected chi connectivity index (χ2v) is 3.87. The molecular formula is C13H17NO. The predicted molar refractivity (Wildman–Crippen MR) is 62.7 cm³/mol. The first-order valence-corrected chi connectivity index (χ1v) is 5.44. The van der Waals surface area contributed by atoms with E-state index in [-0.39, 0.29) is 0 Å². The van der Waals surface area contributed by atoms with Crippen LogP contribution in [0.5, 0.6) is 0 Å². The Morgan fingerprint density at radius 1 is 1.33 bits per heavy atom. The van der Waals surface area contributed by atoms with Gasteiger partial charge < -0.3 is 10.5 Å². The van der Waals surface area contributed by atoms with Crippen molar-refractivity contribution in [2.75, 3.05) is 19.8 Å². The van der Waals surface area contributed by atoms with Crippen molar-refractivity contribution in [3.05, 3.63) is 41.5 Å². The van der Waals surface area contributed by atoms with E-state index in [4.69, 9.17) is 10.5 Å². The average Bonchev–Trinajstić information content (AvgIpc) is 2.80. The second-order valence-electron chi connectivity index (χ2n) is 3.87. The largest absolute Gasteiger partial charge is 0.381 e. The Morgan fingerprint density at radius 2 is 2.13 bits per heavy atom. The van der Waals surface area contributed by atoms with E-state index in [9.17, 15) is 0 Å². The predicted octanol–water partition coefficient (Wildman–Crippen LogP) is 2.16. The van der Waals surface area contributed by atoms with Crippen LogP contribution in [-0.4, -0.2) is 19.8 Å². The van der Waals surface area contributed by atoms with Crippen LogP contribution < -0.4 is 5.73 Å². The maximum absolute atomic E-state index is 5.40. The van der Waals surface area contributed by atoms with Crippen LogP contribution in [0.25, 0.3) is 6.08 Å². The van der Waals surface area contributed by atoms with Crippen LogP contribution in [0.15, 0.2) is 30.3 Å². The minimum atomic E-state index is 0.595. The molecule has 2 heteroatoms. The summed E-state index contributed by atoms with van der Waals surface area (Å²) in [5.41, 5.74) is 8.00. The molecule has 1 atom stereocenters. The fourth-order valence-electron chi connectivity index (χ4n) is 1.88. The van der Waals surface area contributed by atoms with E-state index in [1.54, 1.807) is 0 Å². The van der Waals surface area contributed by atoms with Gasteiger partial charge in [-0.05, 0) is 17.5 Å². The Hall–Kier alpha value is -1.12. The molecular weight excluding hydrogens is 186 g/mol. The van der Waals surface area contributed by atoms with Gasteiger partial charge in [-0.1, -0.05) is 36.4 Å². The third-order valence-electron chi connectivity index (χ3n) is 2.78. The lowest BCUT2D eigenvalue weighted by molar-refractivity contribution is 0.194. The molecule has 1 aliphatic rings. The summed E-state index contributed by atoms with van der Waals surface area (Å²) in [5.74, 6) is 0.595. The molecule has 80 valence electrons. The molecule has 0 radical (unpaired) electrons. The van der Waals surface area contributed by atoms with E-state index in [1.807, 2.05) is 6.08 Å². The standard InChI is InChI=1S/C13H17NO/c14-8-1-2-11-3-5-12(6-4-11)13-7-9-15-10-13/h1-6,13H,7-10,14H2/b2-1+. The lowest BCUT2D eigenvalue weighted by Gasteiger charge is -2.07. The molecule has 1 aromatic carbocycles. The lowest BCUT2D eigenvalue weighted by atomic mass is 9.97. The van der Waals surface area contributed by atoms with Crippen molar-refractivity contribution >= 4 is 6.08 Å². The SMILES string of the molecule is NC/C=C/c1ccc(C2CCOC2)cc1. The Bertz CT molecular complexity index is 323. The number of hydrogen-bond acceptors (Lipinski definition) is 2. The average molecular weight is 203 g/mol. The van der Waals surface area contributed by atoms with Gasteiger partial charge in [0.25, 0.3) is 0 Å². The molecule has 0 amide bonds. The van der Waals surface area contributed by atoms with E-state index in [0.717, 1.165) is 19.6 Å². The molecule has 1 heterocycles. The van der Waals surface area contributed by atoms with E-state index < -0.39 is 0 Å². The summed E-state index contributed by atoms with van der Waals surface area (Å²) in [4.78, 5) is 0. The molecule has 0 aliphatic carbocycles. The third-order valence-corrected chi connectivity index (χ3v) is 2.78. The molecule has 2 N–H and O–H groups in total. The summed E-state index contributed by atoms with van der Waals surface area (Å²) in [6, 6.07) is 8.66. The quantitative estimate of drug-likeness (QED) is 0.817. The first-order valence-electron chi connectivity index (χ1n) is 5.44. The second kappa shape index (κ2) is 5.10. The highest BCUT2D eigenvalue weighted by atomic mass is 16.5. The van der Waals surface area contributed by atoms with Gasteiger partial charge in [-0.25, -0.2) is 0 Å². The summed E-state index contributed by atoms with van der Waals surface area (Å²) < 4.78 is 5.38. The van der Waals surface area contributed by atoms with Crippen LogP contribution in [0.2, 0.25) is 0 Å². The van der Waals surface area contributed by atoms with E-state index >= 15 is 0 Å². The van der Waals surface area contributed by atoms with Gasteiger partial charge in [0.05, 0.1) is 6.61 Å². The van der Waals surface area contributed by atoms with Crippen LogP contribution in [0.3, 0.4) is 0 Å². The zero-order chi connectivity index (χ0) is 10.5. The van der Waals surface area contributed by atoms with Gasteiger partial charge in [0, 0.05) is 19.1 Å². The minimum absolute atomic E-state index is 0.595.